The highest BCUT2D eigenvalue weighted by Gasteiger charge is 2.50. The van der Waals surface area contributed by atoms with Crippen LogP contribution in [0.5, 0.6) is 0 Å². The Hall–Kier alpha value is -1.57. The van der Waals surface area contributed by atoms with Gasteiger partial charge < -0.3 is 0 Å². The van der Waals surface area contributed by atoms with Gasteiger partial charge in [0.15, 0.2) is 0 Å². The van der Waals surface area contributed by atoms with Crippen LogP contribution in [-0.4, -0.2) is 30.9 Å². The summed E-state index contributed by atoms with van der Waals surface area (Å²) in [4.78, 5) is 0. The van der Waals surface area contributed by atoms with Crippen molar-refractivity contribution in [2.75, 3.05) is 0 Å². The molecule has 0 bridgehead atoms. The molecule has 0 saturated heterocycles. The molecule has 1 aliphatic carbocycles. The Kier molecular flexibility index (Phi) is 7.21. The molecule has 0 aromatic heterocycles. The average molecular weight is 476 g/mol. The van der Waals surface area contributed by atoms with Crippen molar-refractivity contribution in [2.45, 2.75) is 63.0 Å². The molecule has 0 atom stereocenters. The third kappa shape index (κ3) is 9.06. The van der Waals surface area contributed by atoms with Crippen LogP contribution in [0.2, 0.25) is 0 Å². The van der Waals surface area contributed by atoms with Crippen molar-refractivity contribution < 1.29 is 65.9 Å². The molecule has 0 amide bonds. The SMILES string of the molecule is FC(F)(F)CC1=C(CC(F)(F)F)C(CC(F)(F)F)C(CC(F)(F)F)=C1CC(F)(F)F. The summed E-state index contributed by atoms with van der Waals surface area (Å²) in [5.41, 5.74) is -7.22. The highest BCUT2D eigenvalue weighted by Crippen LogP contribution is 2.54. The van der Waals surface area contributed by atoms with E-state index in [4.69, 9.17) is 0 Å². The van der Waals surface area contributed by atoms with Crippen molar-refractivity contribution >= 4 is 0 Å². The van der Waals surface area contributed by atoms with Gasteiger partial charge >= 0.3 is 30.9 Å². The normalized spacial score (nSPS) is 18.1. The molecule has 0 spiro atoms. The summed E-state index contributed by atoms with van der Waals surface area (Å²) in [5, 5.41) is 0. The summed E-state index contributed by atoms with van der Waals surface area (Å²) in [6.45, 7) is 0. The van der Waals surface area contributed by atoms with Crippen LogP contribution in [0.3, 0.4) is 0 Å². The summed E-state index contributed by atoms with van der Waals surface area (Å²) >= 11 is 0. The molecule has 0 aromatic carbocycles. The maximum atomic E-state index is 12.8. The maximum absolute atomic E-state index is 12.8. The minimum atomic E-state index is -5.49. The fourth-order valence-electron chi connectivity index (χ4n) is 3.23. The van der Waals surface area contributed by atoms with Crippen LogP contribution in [-0.2, 0) is 0 Å². The molecule has 0 N–H and O–H groups in total. The van der Waals surface area contributed by atoms with E-state index in [0.29, 0.717) is 0 Å². The van der Waals surface area contributed by atoms with Gasteiger partial charge in [0.1, 0.15) is 0 Å². The first-order valence-electron chi connectivity index (χ1n) is 7.75. The summed E-state index contributed by atoms with van der Waals surface area (Å²) in [7, 11) is 0. The van der Waals surface area contributed by atoms with Gasteiger partial charge in [0.05, 0.1) is 32.1 Å². The second kappa shape index (κ2) is 8.17. The molecule has 0 aromatic rings. The maximum Gasteiger partial charge on any atom is 0.393 e. The minimum absolute atomic E-state index is 1.78. The lowest BCUT2D eigenvalue weighted by atomic mass is 9.87. The first-order valence-corrected chi connectivity index (χ1v) is 7.75. The van der Waals surface area contributed by atoms with E-state index in [1.807, 2.05) is 0 Å². The lowest BCUT2D eigenvalue weighted by Gasteiger charge is -2.23. The zero-order valence-electron chi connectivity index (χ0n) is 14.3. The zero-order valence-corrected chi connectivity index (χ0v) is 14.3. The van der Waals surface area contributed by atoms with Crippen molar-refractivity contribution in [3.63, 3.8) is 0 Å². The standard InChI is InChI=1S/C15H11F15/c16-11(17,18)1-6-7(2-12(19,20)21)9(4-14(25,26)27)10(5-15(28,29)30)8(6)3-13(22,23)24/h6H,1-5H2. The molecule has 0 fully saturated rings. The van der Waals surface area contributed by atoms with Crippen LogP contribution < -0.4 is 0 Å². The Bertz CT molecular complexity index is 623. The minimum Gasteiger partial charge on any atom is -0.171 e. The van der Waals surface area contributed by atoms with Gasteiger partial charge in [-0.1, -0.05) is 0 Å². The van der Waals surface area contributed by atoms with Gasteiger partial charge in [-0.05, 0) is 22.3 Å². The van der Waals surface area contributed by atoms with Crippen LogP contribution in [0, 0.1) is 5.92 Å². The Morgan fingerprint density at radius 2 is 0.667 bits per heavy atom. The lowest BCUT2D eigenvalue weighted by molar-refractivity contribution is -0.149. The Morgan fingerprint density at radius 1 is 0.400 bits per heavy atom. The summed E-state index contributed by atoms with van der Waals surface area (Å²) in [6, 6.07) is 0. The molecule has 0 nitrogen and oxygen atoms in total. The van der Waals surface area contributed by atoms with Crippen LogP contribution in [0.4, 0.5) is 65.9 Å². The molecular formula is C15H11F15. The van der Waals surface area contributed by atoms with E-state index >= 15 is 0 Å². The number of alkyl halides is 15. The zero-order chi connectivity index (χ0) is 23.9. The smallest absolute Gasteiger partial charge is 0.171 e. The second-order valence-electron chi connectivity index (χ2n) is 6.55. The molecule has 0 saturated carbocycles. The third-order valence-electron chi connectivity index (χ3n) is 3.95. The molecular weight excluding hydrogens is 465 g/mol. The summed E-state index contributed by atoms with van der Waals surface area (Å²) < 4.78 is 192. The van der Waals surface area contributed by atoms with Gasteiger partial charge in [-0.2, -0.15) is 65.9 Å². The number of halogens is 15. The van der Waals surface area contributed by atoms with Gasteiger partial charge in [0, 0.05) is 5.92 Å². The Morgan fingerprint density at radius 3 is 0.867 bits per heavy atom. The topological polar surface area (TPSA) is 0 Å². The van der Waals surface area contributed by atoms with Gasteiger partial charge in [0.25, 0.3) is 0 Å². The number of rotatable bonds is 5. The van der Waals surface area contributed by atoms with Crippen LogP contribution in [0.15, 0.2) is 22.3 Å². The van der Waals surface area contributed by atoms with Gasteiger partial charge in [-0.15, -0.1) is 0 Å². The lowest BCUT2D eigenvalue weighted by Crippen LogP contribution is -2.23. The number of hydrogen-bond donors (Lipinski definition) is 0. The predicted octanol–water partition coefficient (Wildman–Crippen LogP) is 7.97. The van der Waals surface area contributed by atoms with Crippen molar-refractivity contribution in [2.24, 2.45) is 5.92 Å². The van der Waals surface area contributed by atoms with Crippen molar-refractivity contribution in [3.05, 3.63) is 22.3 Å². The van der Waals surface area contributed by atoms with Gasteiger partial charge in [-0.25, -0.2) is 0 Å². The Balaban J connectivity index is 3.80. The fourth-order valence-corrected chi connectivity index (χ4v) is 3.23. The van der Waals surface area contributed by atoms with E-state index < -0.39 is 91.2 Å². The molecule has 176 valence electrons. The highest BCUT2D eigenvalue weighted by molar-refractivity contribution is 5.51. The number of allylic oxidation sites excluding steroid dienone is 4. The summed E-state index contributed by atoms with van der Waals surface area (Å²) in [5.74, 6) is -2.94. The van der Waals surface area contributed by atoms with E-state index in [9.17, 15) is 65.9 Å². The Labute approximate surface area is 158 Å². The molecule has 30 heavy (non-hydrogen) atoms. The number of hydrogen-bond acceptors (Lipinski definition) is 0. The summed E-state index contributed by atoms with van der Waals surface area (Å²) in [6.07, 6.45) is -39.9. The first kappa shape index (κ1) is 26.5. The van der Waals surface area contributed by atoms with Crippen molar-refractivity contribution in [1.82, 2.24) is 0 Å². The quantitative estimate of drug-likeness (QED) is 0.353. The molecule has 0 heterocycles. The van der Waals surface area contributed by atoms with E-state index in [1.54, 1.807) is 0 Å². The molecule has 1 aliphatic rings. The largest absolute Gasteiger partial charge is 0.393 e. The first-order chi connectivity index (χ1) is 13.0. The monoisotopic (exact) mass is 476 g/mol. The fraction of sp³-hybridized carbons (Fsp3) is 0.733. The van der Waals surface area contributed by atoms with Crippen LogP contribution >= 0.6 is 0 Å². The van der Waals surface area contributed by atoms with E-state index in [0.717, 1.165) is 0 Å². The van der Waals surface area contributed by atoms with Crippen LogP contribution in [0.25, 0.3) is 0 Å². The average Bonchev–Trinajstić information content (AvgIpc) is 2.57. The van der Waals surface area contributed by atoms with E-state index in [1.165, 1.54) is 0 Å². The highest BCUT2D eigenvalue weighted by atomic mass is 19.4. The molecule has 1 rings (SSSR count). The third-order valence-corrected chi connectivity index (χ3v) is 3.95. The van der Waals surface area contributed by atoms with Crippen molar-refractivity contribution in [3.8, 4) is 0 Å². The molecule has 15 heteroatoms. The van der Waals surface area contributed by atoms with Gasteiger partial charge in [-0.3, -0.25) is 0 Å². The van der Waals surface area contributed by atoms with Gasteiger partial charge in [0.2, 0.25) is 0 Å². The van der Waals surface area contributed by atoms with Crippen LogP contribution in [0.1, 0.15) is 32.1 Å². The second-order valence-corrected chi connectivity index (χ2v) is 6.55. The molecule has 0 aliphatic heterocycles. The molecule has 0 unspecified atom stereocenters. The van der Waals surface area contributed by atoms with E-state index in [-0.39, 0.29) is 0 Å². The predicted molar refractivity (Wildman–Crippen MR) is 70.9 cm³/mol. The van der Waals surface area contributed by atoms with Crippen molar-refractivity contribution in [1.29, 1.82) is 0 Å². The molecule has 0 radical (unpaired) electrons. The van der Waals surface area contributed by atoms with E-state index in [2.05, 4.69) is 0 Å².